The van der Waals surface area contributed by atoms with Gasteiger partial charge in [-0.15, -0.1) is 11.6 Å². The van der Waals surface area contributed by atoms with Gasteiger partial charge in [0.25, 0.3) is 0 Å². The summed E-state index contributed by atoms with van der Waals surface area (Å²) >= 11 is 5.59. The van der Waals surface area contributed by atoms with E-state index in [0.29, 0.717) is 0 Å². The Labute approximate surface area is 93.2 Å². The molecular formula is C11H24ClNO. The highest BCUT2D eigenvalue weighted by atomic mass is 35.5. The maximum atomic E-state index is 9.57. The van der Waals surface area contributed by atoms with Gasteiger partial charge in [-0.05, 0) is 40.3 Å². The summed E-state index contributed by atoms with van der Waals surface area (Å²) in [5.74, 6) is 0.777. The van der Waals surface area contributed by atoms with Gasteiger partial charge in [-0.3, -0.25) is 0 Å². The Bertz CT molecular complexity index is 134. The van der Waals surface area contributed by atoms with Crippen LogP contribution >= 0.6 is 11.6 Å². The molecule has 0 fully saturated rings. The average molecular weight is 222 g/mol. The second-order valence-electron chi connectivity index (χ2n) is 4.65. The number of likely N-dealkylation sites (N-methyl/N-ethyl adjacent to an activating group) is 1. The Balaban J connectivity index is 3.31. The summed E-state index contributed by atoms with van der Waals surface area (Å²) in [6, 6.07) is 0. The quantitative estimate of drug-likeness (QED) is 0.503. The van der Waals surface area contributed by atoms with E-state index in [9.17, 15) is 5.11 Å². The SMILES string of the molecule is CN(CCCCCCCl)CC(C)(C)O. The highest BCUT2D eigenvalue weighted by molar-refractivity contribution is 6.17. The molecule has 0 spiro atoms. The predicted molar refractivity (Wildman–Crippen MR) is 63.0 cm³/mol. The van der Waals surface area contributed by atoms with E-state index < -0.39 is 5.60 Å². The molecule has 0 amide bonds. The standard InChI is InChI=1S/C11H24ClNO/c1-11(2,14)10-13(3)9-7-5-4-6-8-12/h14H,4-10H2,1-3H3. The van der Waals surface area contributed by atoms with Crippen LogP contribution < -0.4 is 0 Å². The number of aliphatic hydroxyl groups is 1. The summed E-state index contributed by atoms with van der Waals surface area (Å²) in [5, 5.41) is 9.57. The van der Waals surface area contributed by atoms with Crippen molar-refractivity contribution in [2.45, 2.75) is 45.1 Å². The summed E-state index contributed by atoms with van der Waals surface area (Å²) in [5.41, 5.74) is -0.578. The van der Waals surface area contributed by atoms with Crippen molar-refractivity contribution in [2.24, 2.45) is 0 Å². The highest BCUT2D eigenvalue weighted by Crippen LogP contribution is 2.06. The molecule has 0 unspecified atom stereocenters. The van der Waals surface area contributed by atoms with Crippen LogP contribution in [0.3, 0.4) is 0 Å². The molecule has 0 heterocycles. The summed E-state index contributed by atoms with van der Waals surface area (Å²) in [6.07, 6.45) is 4.78. The molecule has 0 aliphatic carbocycles. The zero-order chi connectivity index (χ0) is 11.0. The number of unbranched alkanes of at least 4 members (excludes halogenated alkanes) is 3. The van der Waals surface area contributed by atoms with Crippen LogP contribution in [0.5, 0.6) is 0 Å². The van der Waals surface area contributed by atoms with Crippen LogP contribution in [-0.2, 0) is 0 Å². The van der Waals surface area contributed by atoms with Crippen LogP contribution in [0, 0.1) is 0 Å². The Kier molecular flexibility index (Phi) is 7.61. The van der Waals surface area contributed by atoms with Gasteiger partial charge in [0.1, 0.15) is 0 Å². The molecule has 0 aromatic heterocycles. The summed E-state index contributed by atoms with van der Waals surface area (Å²) < 4.78 is 0. The van der Waals surface area contributed by atoms with E-state index in [4.69, 9.17) is 11.6 Å². The van der Waals surface area contributed by atoms with Gasteiger partial charge in [0.2, 0.25) is 0 Å². The molecule has 2 nitrogen and oxygen atoms in total. The van der Waals surface area contributed by atoms with Crippen LogP contribution in [0.25, 0.3) is 0 Å². The second-order valence-corrected chi connectivity index (χ2v) is 5.03. The lowest BCUT2D eigenvalue weighted by atomic mass is 10.1. The lowest BCUT2D eigenvalue weighted by Crippen LogP contribution is -2.36. The van der Waals surface area contributed by atoms with Crippen molar-refractivity contribution in [1.29, 1.82) is 0 Å². The van der Waals surface area contributed by atoms with E-state index >= 15 is 0 Å². The van der Waals surface area contributed by atoms with Gasteiger partial charge < -0.3 is 10.0 Å². The van der Waals surface area contributed by atoms with Crippen molar-refractivity contribution in [3.05, 3.63) is 0 Å². The first-order valence-corrected chi connectivity index (χ1v) is 5.96. The van der Waals surface area contributed by atoms with Crippen molar-refractivity contribution in [2.75, 3.05) is 26.0 Å². The summed E-state index contributed by atoms with van der Waals surface area (Å²) in [6.45, 7) is 5.49. The van der Waals surface area contributed by atoms with Crippen molar-refractivity contribution in [1.82, 2.24) is 4.90 Å². The second kappa shape index (κ2) is 7.49. The average Bonchev–Trinajstić information content (AvgIpc) is 2.00. The monoisotopic (exact) mass is 221 g/mol. The molecule has 3 heteroatoms. The van der Waals surface area contributed by atoms with Crippen molar-refractivity contribution in [3.63, 3.8) is 0 Å². The Morgan fingerprint density at radius 1 is 1.14 bits per heavy atom. The Hall–Kier alpha value is 0.210. The van der Waals surface area contributed by atoms with Gasteiger partial charge in [-0.1, -0.05) is 12.8 Å². The molecule has 14 heavy (non-hydrogen) atoms. The van der Waals surface area contributed by atoms with Crippen LogP contribution in [0.4, 0.5) is 0 Å². The first-order chi connectivity index (χ1) is 6.45. The van der Waals surface area contributed by atoms with Gasteiger partial charge in [-0.2, -0.15) is 0 Å². The zero-order valence-electron chi connectivity index (χ0n) is 9.72. The summed E-state index contributed by atoms with van der Waals surface area (Å²) in [7, 11) is 2.06. The summed E-state index contributed by atoms with van der Waals surface area (Å²) in [4.78, 5) is 2.18. The Morgan fingerprint density at radius 2 is 1.71 bits per heavy atom. The highest BCUT2D eigenvalue weighted by Gasteiger charge is 2.14. The first-order valence-electron chi connectivity index (χ1n) is 5.42. The minimum absolute atomic E-state index is 0.578. The molecule has 0 aliphatic heterocycles. The maximum Gasteiger partial charge on any atom is 0.0718 e. The van der Waals surface area contributed by atoms with E-state index in [2.05, 4.69) is 11.9 Å². The van der Waals surface area contributed by atoms with Gasteiger partial charge in [0, 0.05) is 12.4 Å². The van der Waals surface area contributed by atoms with Crippen molar-refractivity contribution in [3.8, 4) is 0 Å². The van der Waals surface area contributed by atoms with Crippen LogP contribution in [0.2, 0.25) is 0 Å². The smallest absolute Gasteiger partial charge is 0.0718 e. The van der Waals surface area contributed by atoms with E-state index in [-0.39, 0.29) is 0 Å². The Morgan fingerprint density at radius 3 is 2.21 bits per heavy atom. The molecule has 0 aromatic carbocycles. The third kappa shape index (κ3) is 10.3. The molecular weight excluding hydrogens is 198 g/mol. The van der Waals surface area contributed by atoms with E-state index in [1.165, 1.54) is 19.3 Å². The van der Waals surface area contributed by atoms with Crippen LogP contribution in [-0.4, -0.2) is 41.6 Å². The van der Waals surface area contributed by atoms with Crippen LogP contribution in [0.15, 0.2) is 0 Å². The van der Waals surface area contributed by atoms with E-state index in [1.807, 2.05) is 13.8 Å². The number of rotatable bonds is 8. The predicted octanol–water partition coefficient (Wildman–Crippen LogP) is 2.49. The first kappa shape index (κ1) is 14.2. The van der Waals surface area contributed by atoms with Gasteiger partial charge in [0.05, 0.1) is 5.60 Å². The molecule has 0 saturated heterocycles. The lowest BCUT2D eigenvalue weighted by molar-refractivity contribution is 0.0442. The zero-order valence-corrected chi connectivity index (χ0v) is 10.5. The topological polar surface area (TPSA) is 23.5 Å². The molecule has 0 aromatic rings. The number of hydrogen-bond acceptors (Lipinski definition) is 2. The molecule has 0 bridgehead atoms. The fourth-order valence-electron chi connectivity index (χ4n) is 1.57. The molecule has 0 rings (SSSR count). The van der Waals surface area contributed by atoms with E-state index in [0.717, 1.165) is 25.4 Å². The number of nitrogens with zero attached hydrogens (tertiary/aromatic N) is 1. The maximum absolute atomic E-state index is 9.57. The number of halogens is 1. The largest absolute Gasteiger partial charge is 0.389 e. The third-order valence-electron chi connectivity index (χ3n) is 2.08. The van der Waals surface area contributed by atoms with Gasteiger partial charge in [0.15, 0.2) is 0 Å². The molecule has 1 N–H and O–H groups in total. The minimum Gasteiger partial charge on any atom is -0.389 e. The molecule has 0 atom stereocenters. The van der Waals surface area contributed by atoms with Crippen LogP contribution in [0.1, 0.15) is 39.5 Å². The molecule has 0 aliphatic rings. The number of hydrogen-bond donors (Lipinski definition) is 1. The normalized spacial score (nSPS) is 12.4. The van der Waals surface area contributed by atoms with E-state index in [1.54, 1.807) is 0 Å². The molecule has 0 radical (unpaired) electrons. The fraction of sp³-hybridized carbons (Fsp3) is 1.00. The number of alkyl halides is 1. The molecule has 86 valence electrons. The fourth-order valence-corrected chi connectivity index (χ4v) is 1.76. The lowest BCUT2D eigenvalue weighted by Gasteiger charge is -2.25. The van der Waals surface area contributed by atoms with Gasteiger partial charge >= 0.3 is 0 Å². The van der Waals surface area contributed by atoms with Crippen molar-refractivity contribution < 1.29 is 5.11 Å². The molecule has 0 saturated carbocycles. The minimum atomic E-state index is -0.578. The van der Waals surface area contributed by atoms with Gasteiger partial charge in [-0.25, -0.2) is 0 Å². The van der Waals surface area contributed by atoms with Crippen molar-refractivity contribution >= 4 is 11.6 Å². The third-order valence-corrected chi connectivity index (χ3v) is 2.35.